The average molecular weight is 266 g/mol. The second-order valence-electron chi connectivity index (χ2n) is 5.03. The Kier molecular flexibility index (Phi) is 4.37. The number of urea groups is 1. The molecule has 1 saturated heterocycles. The Morgan fingerprint density at radius 2 is 2.37 bits per heavy atom. The van der Waals surface area contributed by atoms with E-state index in [-0.39, 0.29) is 24.4 Å². The van der Waals surface area contributed by atoms with Crippen molar-refractivity contribution in [3.8, 4) is 0 Å². The summed E-state index contributed by atoms with van der Waals surface area (Å²) >= 11 is 0. The van der Waals surface area contributed by atoms with E-state index in [1.807, 2.05) is 6.92 Å². The fraction of sp³-hybridized carbons (Fsp3) is 0.500. The monoisotopic (exact) mass is 266 g/mol. The van der Waals surface area contributed by atoms with Crippen molar-refractivity contribution < 1.29 is 14.3 Å². The zero-order valence-corrected chi connectivity index (χ0v) is 11.0. The molecule has 0 aliphatic carbocycles. The zero-order valence-electron chi connectivity index (χ0n) is 11.0. The number of likely N-dealkylation sites (tertiary alicyclic amines) is 1. The summed E-state index contributed by atoms with van der Waals surface area (Å²) in [6, 6.07) is 4.10. The number of aliphatic hydroxyl groups is 1. The van der Waals surface area contributed by atoms with Gasteiger partial charge in [0.15, 0.2) is 0 Å². The third kappa shape index (κ3) is 3.44. The number of carbonyl (C=O) groups is 1. The number of carbonyl (C=O) groups excluding carboxylic acids is 1. The molecule has 1 aliphatic heterocycles. The Bertz CT molecular complexity index is 465. The molecule has 0 saturated carbocycles. The zero-order chi connectivity index (χ0) is 13.8. The predicted octanol–water partition coefficient (Wildman–Crippen LogP) is 2.37. The molecule has 1 aromatic rings. The lowest BCUT2D eigenvalue weighted by Crippen LogP contribution is -2.43. The van der Waals surface area contributed by atoms with E-state index >= 15 is 0 Å². The fourth-order valence-electron chi connectivity index (χ4n) is 2.32. The molecular formula is C14H19FN2O2. The molecule has 0 radical (unpaired) electrons. The first-order chi connectivity index (χ1) is 9.10. The maximum Gasteiger partial charge on any atom is 0.321 e. The molecule has 5 heteroatoms. The summed E-state index contributed by atoms with van der Waals surface area (Å²) < 4.78 is 13.2. The summed E-state index contributed by atoms with van der Waals surface area (Å²) in [5.74, 6) is -0.221. The lowest BCUT2D eigenvalue weighted by molar-refractivity contribution is 0.136. The van der Waals surface area contributed by atoms with Gasteiger partial charge in [-0.05, 0) is 43.4 Å². The van der Waals surface area contributed by atoms with Crippen molar-refractivity contribution >= 4 is 11.7 Å². The lowest BCUT2D eigenvalue weighted by Gasteiger charge is -2.32. The number of halogens is 1. The van der Waals surface area contributed by atoms with Gasteiger partial charge in [0.1, 0.15) is 5.82 Å². The summed E-state index contributed by atoms with van der Waals surface area (Å²) in [5.41, 5.74) is 1.32. The largest absolute Gasteiger partial charge is 0.396 e. The minimum Gasteiger partial charge on any atom is -0.396 e. The number of hydrogen-bond acceptors (Lipinski definition) is 2. The SMILES string of the molecule is Cc1ccc(F)cc1NC(=O)N1CCCC(CO)C1. The normalized spacial score (nSPS) is 19.3. The van der Waals surface area contributed by atoms with Gasteiger partial charge in [0, 0.05) is 25.4 Å². The highest BCUT2D eigenvalue weighted by Gasteiger charge is 2.23. The summed E-state index contributed by atoms with van der Waals surface area (Å²) in [5, 5.41) is 11.9. The highest BCUT2D eigenvalue weighted by atomic mass is 19.1. The number of nitrogens with one attached hydrogen (secondary N) is 1. The first-order valence-electron chi connectivity index (χ1n) is 6.53. The van der Waals surface area contributed by atoms with Crippen molar-refractivity contribution in [1.29, 1.82) is 0 Å². The van der Waals surface area contributed by atoms with Gasteiger partial charge in [0.05, 0.1) is 0 Å². The van der Waals surface area contributed by atoms with Crippen LogP contribution in [0.3, 0.4) is 0 Å². The van der Waals surface area contributed by atoms with Crippen molar-refractivity contribution in [3.05, 3.63) is 29.6 Å². The molecule has 2 N–H and O–H groups in total. The Labute approximate surface area is 112 Å². The van der Waals surface area contributed by atoms with Gasteiger partial charge in [0.25, 0.3) is 0 Å². The average Bonchev–Trinajstić information content (AvgIpc) is 2.43. The van der Waals surface area contributed by atoms with Crippen LogP contribution in [0.25, 0.3) is 0 Å². The molecule has 2 rings (SSSR count). The fourth-order valence-corrected chi connectivity index (χ4v) is 2.32. The summed E-state index contributed by atoms with van der Waals surface area (Å²) in [6.07, 6.45) is 1.83. The van der Waals surface area contributed by atoms with Crippen LogP contribution in [0.1, 0.15) is 18.4 Å². The van der Waals surface area contributed by atoms with E-state index in [0.717, 1.165) is 18.4 Å². The number of rotatable bonds is 2. The second-order valence-corrected chi connectivity index (χ2v) is 5.03. The number of anilines is 1. The molecule has 0 aromatic heterocycles. The number of nitrogens with zero attached hydrogens (tertiary/aromatic N) is 1. The molecule has 1 unspecified atom stereocenters. The van der Waals surface area contributed by atoms with Crippen LogP contribution in [0.2, 0.25) is 0 Å². The molecule has 2 amide bonds. The van der Waals surface area contributed by atoms with Gasteiger partial charge < -0.3 is 15.3 Å². The first-order valence-corrected chi connectivity index (χ1v) is 6.53. The lowest BCUT2D eigenvalue weighted by atomic mass is 9.99. The van der Waals surface area contributed by atoms with Gasteiger partial charge in [-0.3, -0.25) is 0 Å². The topological polar surface area (TPSA) is 52.6 Å². The van der Waals surface area contributed by atoms with Crippen molar-refractivity contribution in [2.75, 3.05) is 25.0 Å². The standard InChI is InChI=1S/C14H19FN2O2/c1-10-4-5-12(15)7-13(10)16-14(19)17-6-2-3-11(8-17)9-18/h4-5,7,11,18H,2-3,6,8-9H2,1H3,(H,16,19). The molecule has 0 bridgehead atoms. The molecule has 0 spiro atoms. The van der Waals surface area contributed by atoms with Crippen LogP contribution in [0.4, 0.5) is 14.9 Å². The Balaban J connectivity index is 2.02. The number of benzene rings is 1. The Morgan fingerprint density at radius 3 is 3.11 bits per heavy atom. The van der Waals surface area contributed by atoms with E-state index in [9.17, 15) is 9.18 Å². The van der Waals surface area contributed by atoms with Crippen LogP contribution in [-0.2, 0) is 0 Å². The van der Waals surface area contributed by atoms with E-state index in [1.54, 1.807) is 11.0 Å². The number of amides is 2. The van der Waals surface area contributed by atoms with Crippen molar-refractivity contribution in [3.63, 3.8) is 0 Å². The van der Waals surface area contributed by atoms with E-state index in [1.165, 1.54) is 12.1 Å². The smallest absolute Gasteiger partial charge is 0.321 e. The van der Waals surface area contributed by atoms with Crippen LogP contribution in [-0.4, -0.2) is 35.7 Å². The van der Waals surface area contributed by atoms with Gasteiger partial charge in [-0.15, -0.1) is 0 Å². The summed E-state index contributed by atoms with van der Waals surface area (Å²) in [6.45, 7) is 3.15. The molecule has 1 aliphatic rings. The molecule has 1 aromatic carbocycles. The highest BCUT2D eigenvalue weighted by molar-refractivity contribution is 5.90. The van der Waals surface area contributed by atoms with E-state index in [2.05, 4.69) is 5.32 Å². The van der Waals surface area contributed by atoms with E-state index in [4.69, 9.17) is 5.11 Å². The van der Waals surface area contributed by atoms with Crippen LogP contribution in [0.15, 0.2) is 18.2 Å². The minimum absolute atomic E-state index is 0.1000. The maximum atomic E-state index is 13.2. The minimum atomic E-state index is -0.368. The van der Waals surface area contributed by atoms with Gasteiger partial charge in [-0.25, -0.2) is 9.18 Å². The van der Waals surface area contributed by atoms with Crippen LogP contribution in [0.5, 0.6) is 0 Å². The molecule has 19 heavy (non-hydrogen) atoms. The third-order valence-electron chi connectivity index (χ3n) is 3.51. The third-order valence-corrected chi connectivity index (χ3v) is 3.51. The number of aliphatic hydroxyl groups excluding tert-OH is 1. The van der Waals surface area contributed by atoms with Crippen molar-refractivity contribution in [2.45, 2.75) is 19.8 Å². The molecule has 1 heterocycles. The van der Waals surface area contributed by atoms with Crippen LogP contribution in [0, 0.1) is 18.7 Å². The molecule has 1 fully saturated rings. The van der Waals surface area contributed by atoms with E-state index < -0.39 is 0 Å². The van der Waals surface area contributed by atoms with Crippen LogP contribution >= 0.6 is 0 Å². The number of piperidine rings is 1. The van der Waals surface area contributed by atoms with Gasteiger partial charge in [0.2, 0.25) is 0 Å². The van der Waals surface area contributed by atoms with Gasteiger partial charge in [-0.1, -0.05) is 6.07 Å². The number of hydrogen-bond donors (Lipinski definition) is 2. The second kappa shape index (κ2) is 6.02. The van der Waals surface area contributed by atoms with E-state index in [0.29, 0.717) is 18.8 Å². The van der Waals surface area contributed by atoms with Gasteiger partial charge >= 0.3 is 6.03 Å². The highest BCUT2D eigenvalue weighted by Crippen LogP contribution is 2.19. The number of aryl methyl sites for hydroxylation is 1. The molecular weight excluding hydrogens is 247 g/mol. The Hall–Kier alpha value is -1.62. The van der Waals surface area contributed by atoms with Gasteiger partial charge in [-0.2, -0.15) is 0 Å². The van der Waals surface area contributed by atoms with Crippen molar-refractivity contribution in [1.82, 2.24) is 4.90 Å². The van der Waals surface area contributed by atoms with Crippen LogP contribution < -0.4 is 5.32 Å². The molecule has 4 nitrogen and oxygen atoms in total. The maximum absolute atomic E-state index is 13.2. The summed E-state index contributed by atoms with van der Waals surface area (Å²) in [4.78, 5) is 13.8. The van der Waals surface area contributed by atoms with Crippen molar-refractivity contribution in [2.24, 2.45) is 5.92 Å². The predicted molar refractivity (Wildman–Crippen MR) is 71.5 cm³/mol. The molecule has 104 valence electrons. The molecule has 1 atom stereocenters. The Morgan fingerprint density at radius 1 is 1.58 bits per heavy atom. The summed E-state index contributed by atoms with van der Waals surface area (Å²) in [7, 11) is 0. The first kappa shape index (κ1) is 13.8. The quantitative estimate of drug-likeness (QED) is 0.863.